The molecule has 0 aliphatic carbocycles. The molecule has 27 heavy (non-hydrogen) atoms. The van der Waals surface area contributed by atoms with Gasteiger partial charge in [-0.25, -0.2) is 9.97 Å². The Balaban J connectivity index is 1.59. The zero-order valence-electron chi connectivity index (χ0n) is 15.6. The molecule has 0 radical (unpaired) electrons. The van der Waals surface area contributed by atoms with Gasteiger partial charge in [0.1, 0.15) is 5.69 Å². The third-order valence-electron chi connectivity index (χ3n) is 5.29. The molecular formula is C18H26F3N5O. The summed E-state index contributed by atoms with van der Waals surface area (Å²) in [5.74, 6) is 0.635. The van der Waals surface area contributed by atoms with E-state index < -0.39 is 11.9 Å². The van der Waals surface area contributed by atoms with E-state index in [1.54, 1.807) is 6.92 Å². The number of nitrogens with zero attached hydrogens (tertiary/aromatic N) is 5. The Morgan fingerprint density at radius 3 is 2.74 bits per heavy atom. The van der Waals surface area contributed by atoms with Crippen LogP contribution in [0.1, 0.15) is 31.9 Å². The fraction of sp³-hybridized carbons (Fsp3) is 0.722. The molecule has 1 aromatic heterocycles. The third kappa shape index (κ3) is 5.31. The maximum Gasteiger partial charge on any atom is 0.433 e. The first-order valence-corrected chi connectivity index (χ1v) is 9.46. The molecule has 2 aliphatic rings. The monoisotopic (exact) mass is 385 g/mol. The van der Waals surface area contributed by atoms with E-state index in [4.69, 9.17) is 0 Å². The molecular weight excluding hydrogens is 359 g/mol. The van der Waals surface area contributed by atoms with E-state index in [1.807, 2.05) is 9.80 Å². The van der Waals surface area contributed by atoms with Crippen molar-refractivity contribution in [1.29, 1.82) is 0 Å². The Morgan fingerprint density at radius 2 is 2.00 bits per heavy atom. The minimum Gasteiger partial charge on any atom is -0.342 e. The van der Waals surface area contributed by atoms with Gasteiger partial charge >= 0.3 is 6.18 Å². The number of halogens is 3. The molecule has 2 aliphatic heterocycles. The maximum absolute atomic E-state index is 12.9. The smallest absolute Gasteiger partial charge is 0.342 e. The van der Waals surface area contributed by atoms with Gasteiger partial charge in [-0.1, -0.05) is 0 Å². The van der Waals surface area contributed by atoms with Crippen molar-refractivity contribution in [3.8, 4) is 0 Å². The van der Waals surface area contributed by atoms with Gasteiger partial charge in [0.05, 0.1) is 0 Å². The Bertz CT molecular complexity index is 654. The van der Waals surface area contributed by atoms with Crippen molar-refractivity contribution in [3.63, 3.8) is 0 Å². The lowest BCUT2D eigenvalue weighted by Crippen LogP contribution is -2.43. The number of hydrogen-bond donors (Lipinski definition) is 0. The summed E-state index contributed by atoms with van der Waals surface area (Å²) in [6.45, 7) is 7.15. The number of carbonyl (C=O) groups is 1. The summed E-state index contributed by atoms with van der Waals surface area (Å²) in [5.41, 5.74) is -0.897. The number of amides is 1. The van der Waals surface area contributed by atoms with E-state index in [2.05, 4.69) is 14.9 Å². The largest absolute Gasteiger partial charge is 0.433 e. The van der Waals surface area contributed by atoms with Crippen LogP contribution in [0.2, 0.25) is 0 Å². The predicted molar refractivity (Wildman–Crippen MR) is 95.3 cm³/mol. The van der Waals surface area contributed by atoms with Gasteiger partial charge in [-0.15, -0.1) is 0 Å². The van der Waals surface area contributed by atoms with Crippen LogP contribution in [0.3, 0.4) is 0 Å². The van der Waals surface area contributed by atoms with E-state index >= 15 is 0 Å². The lowest BCUT2D eigenvalue weighted by atomic mass is 9.97. The molecule has 2 fully saturated rings. The van der Waals surface area contributed by atoms with Crippen LogP contribution in [0.25, 0.3) is 0 Å². The van der Waals surface area contributed by atoms with Gasteiger partial charge in [-0.2, -0.15) is 13.2 Å². The van der Waals surface area contributed by atoms with E-state index in [9.17, 15) is 18.0 Å². The summed E-state index contributed by atoms with van der Waals surface area (Å²) in [5, 5.41) is 0. The highest BCUT2D eigenvalue weighted by molar-refractivity contribution is 5.73. The number of rotatable bonds is 3. The first kappa shape index (κ1) is 19.9. The molecule has 6 nitrogen and oxygen atoms in total. The van der Waals surface area contributed by atoms with Crippen molar-refractivity contribution in [2.45, 2.75) is 32.4 Å². The van der Waals surface area contributed by atoms with Gasteiger partial charge in [0, 0.05) is 52.4 Å². The zero-order chi connectivity index (χ0) is 19.4. The number of aromatic nitrogens is 2. The van der Waals surface area contributed by atoms with E-state index in [-0.39, 0.29) is 11.9 Å². The highest BCUT2D eigenvalue weighted by Gasteiger charge is 2.34. The molecule has 3 heterocycles. The van der Waals surface area contributed by atoms with Gasteiger partial charge in [-0.05, 0) is 37.8 Å². The average Bonchev–Trinajstić information content (AvgIpc) is 2.87. The fourth-order valence-electron chi connectivity index (χ4n) is 3.89. The van der Waals surface area contributed by atoms with Crippen LogP contribution in [0, 0.1) is 5.92 Å². The minimum absolute atomic E-state index is 0.113. The summed E-state index contributed by atoms with van der Waals surface area (Å²) in [4.78, 5) is 25.4. The molecule has 9 heteroatoms. The quantitative estimate of drug-likeness (QED) is 0.799. The van der Waals surface area contributed by atoms with Gasteiger partial charge in [-0.3, -0.25) is 4.79 Å². The van der Waals surface area contributed by atoms with Gasteiger partial charge in [0.2, 0.25) is 11.9 Å². The second-order valence-corrected chi connectivity index (χ2v) is 7.35. The third-order valence-corrected chi connectivity index (χ3v) is 5.29. The number of piperidine rings is 1. The van der Waals surface area contributed by atoms with Crippen LogP contribution in [-0.4, -0.2) is 71.5 Å². The highest BCUT2D eigenvalue weighted by Crippen LogP contribution is 2.29. The number of carbonyl (C=O) groups excluding carboxylic acids is 1. The SMILES string of the molecule is CC(=O)N1CCCN(CC2CCCN(c3nccc(C(F)(F)F)n3)C2)CC1. The normalized spacial score (nSPS) is 22.6. The second kappa shape index (κ2) is 8.41. The van der Waals surface area contributed by atoms with Gasteiger partial charge < -0.3 is 14.7 Å². The summed E-state index contributed by atoms with van der Waals surface area (Å²) in [6.07, 6.45) is -0.367. The Hall–Kier alpha value is -1.90. The van der Waals surface area contributed by atoms with Crippen molar-refractivity contribution in [3.05, 3.63) is 18.0 Å². The van der Waals surface area contributed by atoms with Crippen LogP contribution >= 0.6 is 0 Å². The van der Waals surface area contributed by atoms with Crippen LogP contribution in [0.4, 0.5) is 19.1 Å². The fourth-order valence-corrected chi connectivity index (χ4v) is 3.89. The Morgan fingerprint density at radius 1 is 1.19 bits per heavy atom. The van der Waals surface area contributed by atoms with Crippen LogP contribution in [-0.2, 0) is 11.0 Å². The van der Waals surface area contributed by atoms with Crippen molar-refractivity contribution in [2.24, 2.45) is 5.92 Å². The molecule has 2 saturated heterocycles. The molecule has 3 rings (SSSR count). The van der Waals surface area contributed by atoms with Crippen LogP contribution in [0.5, 0.6) is 0 Å². The summed E-state index contributed by atoms with van der Waals surface area (Å²) < 4.78 is 38.7. The average molecular weight is 385 g/mol. The molecule has 0 bridgehead atoms. The molecule has 0 saturated carbocycles. The summed E-state index contributed by atoms with van der Waals surface area (Å²) >= 11 is 0. The first-order valence-electron chi connectivity index (χ1n) is 9.46. The zero-order valence-corrected chi connectivity index (χ0v) is 15.6. The second-order valence-electron chi connectivity index (χ2n) is 7.35. The first-order chi connectivity index (χ1) is 12.8. The molecule has 1 amide bonds. The molecule has 0 aromatic carbocycles. The summed E-state index contributed by atoms with van der Waals surface area (Å²) in [6, 6.07) is 0.906. The molecule has 0 spiro atoms. The molecule has 0 N–H and O–H groups in total. The maximum atomic E-state index is 12.9. The van der Waals surface area contributed by atoms with Gasteiger partial charge in [0.25, 0.3) is 0 Å². The van der Waals surface area contributed by atoms with Crippen molar-refractivity contribution in [2.75, 3.05) is 50.7 Å². The Kier molecular flexibility index (Phi) is 6.18. The molecule has 1 unspecified atom stereocenters. The highest BCUT2D eigenvalue weighted by atomic mass is 19.4. The minimum atomic E-state index is -4.46. The number of anilines is 1. The topological polar surface area (TPSA) is 52.6 Å². The van der Waals surface area contributed by atoms with E-state index in [0.29, 0.717) is 19.0 Å². The van der Waals surface area contributed by atoms with E-state index in [0.717, 1.165) is 58.1 Å². The van der Waals surface area contributed by atoms with Crippen LogP contribution in [0.15, 0.2) is 12.3 Å². The molecule has 150 valence electrons. The molecule has 1 atom stereocenters. The predicted octanol–water partition coefficient (Wildman–Crippen LogP) is 2.27. The van der Waals surface area contributed by atoms with Gasteiger partial charge in [0.15, 0.2) is 0 Å². The van der Waals surface area contributed by atoms with Crippen molar-refractivity contribution in [1.82, 2.24) is 19.8 Å². The van der Waals surface area contributed by atoms with Crippen molar-refractivity contribution >= 4 is 11.9 Å². The lowest BCUT2D eigenvalue weighted by molar-refractivity contribution is -0.141. The Labute approximate surface area is 157 Å². The van der Waals surface area contributed by atoms with Crippen molar-refractivity contribution < 1.29 is 18.0 Å². The molecule has 1 aromatic rings. The number of hydrogen-bond acceptors (Lipinski definition) is 5. The standard InChI is InChI=1S/C18H26F3N5O/c1-14(27)25-9-3-7-24(10-11-25)12-15-4-2-8-26(13-15)17-22-6-5-16(23-17)18(19,20)21/h5-6,15H,2-4,7-13H2,1H3. The number of alkyl halides is 3. The summed E-state index contributed by atoms with van der Waals surface area (Å²) in [7, 11) is 0. The van der Waals surface area contributed by atoms with Crippen LogP contribution < -0.4 is 4.90 Å². The lowest BCUT2D eigenvalue weighted by Gasteiger charge is -2.35. The van der Waals surface area contributed by atoms with E-state index in [1.165, 1.54) is 6.20 Å².